The number of carbonyl (C=O) groups excluding carboxylic acids is 3. The minimum absolute atomic E-state index is 0.00895. The molecule has 0 unspecified atom stereocenters. The van der Waals surface area contributed by atoms with Gasteiger partial charge in [-0.15, -0.1) is 10.6 Å². The maximum absolute atomic E-state index is 14.6. The lowest BCUT2D eigenvalue weighted by Crippen LogP contribution is -2.56. The average Bonchev–Trinajstić information content (AvgIpc) is 3.57. The summed E-state index contributed by atoms with van der Waals surface area (Å²) < 4.78 is 19.6. The van der Waals surface area contributed by atoms with Gasteiger partial charge in [0.05, 0.1) is 35.0 Å². The lowest BCUT2D eigenvalue weighted by Gasteiger charge is -2.37. The molecule has 12 nitrogen and oxygen atoms in total. The van der Waals surface area contributed by atoms with E-state index in [0.29, 0.717) is 19.0 Å². The fraction of sp³-hybridized carbons (Fsp3) is 0.261. The number of ketones is 1. The zero-order valence-electron chi connectivity index (χ0n) is 19.3. The van der Waals surface area contributed by atoms with Crippen LogP contribution in [0.1, 0.15) is 27.8 Å². The van der Waals surface area contributed by atoms with Crippen molar-refractivity contribution in [2.24, 2.45) is 5.10 Å². The first-order valence-corrected chi connectivity index (χ1v) is 11.3. The molecule has 186 valence electrons. The van der Waals surface area contributed by atoms with E-state index in [1.807, 2.05) is 35.2 Å². The van der Waals surface area contributed by atoms with E-state index in [1.165, 1.54) is 11.1 Å². The Balaban J connectivity index is 1.30. The van der Waals surface area contributed by atoms with Crippen molar-refractivity contribution in [3.8, 4) is 0 Å². The number of hydrogen-bond acceptors (Lipinski definition) is 10. The average molecular weight is 494 g/mol. The van der Waals surface area contributed by atoms with Gasteiger partial charge in [-0.1, -0.05) is 18.2 Å². The van der Waals surface area contributed by atoms with Gasteiger partial charge in [0.15, 0.2) is 11.5 Å². The van der Waals surface area contributed by atoms with Crippen LogP contribution in [0.4, 0.5) is 10.1 Å². The van der Waals surface area contributed by atoms with Gasteiger partial charge in [0.25, 0.3) is 11.7 Å². The number of rotatable bonds is 5. The molecule has 2 aliphatic rings. The first-order valence-electron chi connectivity index (χ1n) is 11.3. The molecule has 3 N–H and O–H groups in total. The highest BCUT2D eigenvalue weighted by Gasteiger charge is 2.33. The zero-order valence-corrected chi connectivity index (χ0v) is 19.3. The lowest BCUT2D eigenvalue weighted by molar-refractivity contribution is -0.127. The Morgan fingerprint density at radius 1 is 1.11 bits per heavy atom. The number of hydrogen-bond donors (Lipinski definition) is 3. The number of carbonyl (C=O) groups is 3. The molecule has 0 bridgehead atoms. The molecule has 0 atom stereocenters. The van der Waals surface area contributed by atoms with Gasteiger partial charge in [-0.2, -0.15) is 0 Å². The number of benzene rings is 1. The second-order valence-corrected chi connectivity index (χ2v) is 8.04. The van der Waals surface area contributed by atoms with E-state index < -0.39 is 23.5 Å². The molecule has 4 heterocycles. The molecule has 0 saturated carbocycles. The Kier molecular flexibility index (Phi) is 6.21. The Bertz CT molecular complexity index is 1350. The highest BCUT2D eigenvalue weighted by molar-refractivity contribution is 6.45. The fourth-order valence-corrected chi connectivity index (χ4v) is 4.20. The summed E-state index contributed by atoms with van der Waals surface area (Å²) in [6.45, 7) is 3.15. The molecule has 2 aromatic heterocycles. The summed E-state index contributed by atoms with van der Waals surface area (Å²) in [5.41, 5.74) is 6.28. The number of halogens is 1. The van der Waals surface area contributed by atoms with Crippen molar-refractivity contribution in [3.05, 3.63) is 59.8 Å². The molecule has 0 spiro atoms. The zero-order chi connectivity index (χ0) is 25.2. The Morgan fingerprint density at radius 2 is 1.86 bits per heavy atom. The Labute approximate surface area is 204 Å². The van der Waals surface area contributed by atoms with Gasteiger partial charge >= 0.3 is 5.97 Å². The largest absolute Gasteiger partial charge is 0.461 e. The summed E-state index contributed by atoms with van der Waals surface area (Å²) in [6, 6.07) is 9.59. The number of pyridine rings is 1. The fourth-order valence-electron chi connectivity index (χ4n) is 4.20. The van der Waals surface area contributed by atoms with Crippen molar-refractivity contribution in [3.63, 3.8) is 0 Å². The number of Topliss-reactive ketones (excluding diaryl/α,β-unsaturated/α-hetero) is 1. The lowest BCUT2D eigenvalue weighted by atomic mass is 10.1. The van der Waals surface area contributed by atoms with Crippen molar-refractivity contribution in [2.45, 2.75) is 6.92 Å². The Morgan fingerprint density at radius 3 is 2.58 bits per heavy atom. The number of hydrazine groups is 2. The van der Waals surface area contributed by atoms with E-state index >= 15 is 0 Å². The maximum atomic E-state index is 14.6. The molecule has 3 aromatic rings. The van der Waals surface area contributed by atoms with Crippen molar-refractivity contribution >= 4 is 40.2 Å². The van der Waals surface area contributed by atoms with Crippen molar-refractivity contribution in [1.82, 2.24) is 30.8 Å². The van der Waals surface area contributed by atoms with E-state index in [2.05, 4.69) is 26.1 Å². The van der Waals surface area contributed by atoms with Gasteiger partial charge in [0.1, 0.15) is 0 Å². The molecule has 0 aliphatic carbocycles. The van der Waals surface area contributed by atoms with E-state index in [4.69, 9.17) is 4.74 Å². The third-order valence-corrected chi connectivity index (χ3v) is 5.95. The number of ether oxygens (including phenoxy) is 1. The molecule has 13 heteroatoms. The maximum Gasteiger partial charge on any atom is 0.359 e. The number of fused-ring (bicyclic) bond motifs is 1. The number of anilines is 1. The van der Waals surface area contributed by atoms with Crippen LogP contribution in [0.2, 0.25) is 0 Å². The molecule has 1 aromatic carbocycles. The smallest absolute Gasteiger partial charge is 0.359 e. The molecule has 1 saturated heterocycles. The van der Waals surface area contributed by atoms with E-state index in [1.54, 1.807) is 11.9 Å². The van der Waals surface area contributed by atoms with Gasteiger partial charge in [-0.05, 0) is 19.1 Å². The van der Waals surface area contributed by atoms with Gasteiger partial charge in [-0.25, -0.2) is 24.7 Å². The van der Waals surface area contributed by atoms with Crippen LogP contribution in [-0.4, -0.2) is 76.2 Å². The van der Waals surface area contributed by atoms with Crippen LogP contribution in [0, 0.1) is 5.82 Å². The predicted octanol–water partition coefficient (Wildman–Crippen LogP) is 1.01. The highest BCUT2D eigenvalue weighted by atomic mass is 19.1. The number of hydrazone groups is 1. The Hall–Kier alpha value is -4.52. The van der Waals surface area contributed by atoms with E-state index in [0.717, 1.165) is 11.9 Å². The number of nitrogens with zero attached hydrogens (tertiary/aromatic N) is 5. The summed E-state index contributed by atoms with van der Waals surface area (Å²) in [7, 11) is 0. The number of aromatic nitrogens is 2. The van der Waals surface area contributed by atoms with Crippen LogP contribution in [-0.2, 0) is 9.53 Å². The topological polar surface area (TPSA) is 135 Å². The minimum Gasteiger partial charge on any atom is -0.461 e. The second kappa shape index (κ2) is 9.62. The first kappa shape index (κ1) is 23.2. The van der Waals surface area contributed by atoms with Crippen molar-refractivity contribution in [2.75, 3.05) is 37.8 Å². The molecule has 1 fully saturated rings. The quantitative estimate of drug-likeness (QED) is 0.270. The second-order valence-electron chi connectivity index (χ2n) is 8.04. The number of piperazine rings is 1. The number of esters is 1. The minimum atomic E-state index is -0.873. The molecule has 0 radical (unpaired) electrons. The monoisotopic (exact) mass is 494 g/mol. The summed E-state index contributed by atoms with van der Waals surface area (Å²) in [5.74, 6) is -2.57. The predicted molar refractivity (Wildman–Crippen MR) is 127 cm³/mol. The van der Waals surface area contributed by atoms with Crippen LogP contribution >= 0.6 is 0 Å². The first-order chi connectivity index (χ1) is 17.5. The van der Waals surface area contributed by atoms with Gasteiger partial charge in [-0.3, -0.25) is 9.59 Å². The van der Waals surface area contributed by atoms with Gasteiger partial charge in [0, 0.05) is 32.4 Å². The molecule has 1 amide bonds. The van der Waals surface area contributed by atoms with Crippen LogP contribution in [0.3, 0.4) is 0 Å². The normalized spacial score (nSPS) is 15.6. The molecule has 36 heavy (non-hydrogen) atoms. The number of aromatic amines is 1. The van der Waals surface area contributed by atoms with E-state index in [9.17, 15) is 18.8 Å². The number of nitrogens with one attached hydrogen (secondary N) is 3. The number of guanidine groups is 1. The third kappa shape index (κ3) is 4.09. The van der Waals surface area contributed by atoms with Crippen LogP contribution in [0.5, 0.6) is 0 Å². The molecule has 5 rings (SSSR count). The standard InChI is InChI=1S/C23H23FN8O4/c1-2-36-22(35)19-18-17(16(24)13-26-19)15(12-25-18)20(33)21(34)30-8-10-31(11-9-30)23-27-28-29-32(23)14-6-4-3-5-7-14/h3-7,12-13,25,28-29H,2,8-11H2,1H3. The van der Waals surface area contributed by atoms with Crippen LogP contribution < -0.4 is 16.1 Å². The summed E-state index contributed by atoms with van der Waals surface area (Å²) in [5, 5.41) is 5.91. The molecular formula is C23H23FN8O4. The number of amides is 1. The van der Waals surface area contributed by atoms with E-state index in [-0.39, 0.29) is 41.9 Å². The highest BCUT2D eigenvalue weighted by Crippen LogP contribution is 2.25. The van der Waals surface area contributed by atoms with Crippen LogP contribution in [0.15, 0.2) is 47.8 Å². The molecular weight excluding hydrogens is 471 g/mol. The van der Waals surface area contributed by atoms with Crippen LogP contribution in [0.25, 0.3) is 10.9 Å². The number of H-pyrrole nitrogens is 1. The SMILES string of the molecule is CCOC(=O)c1ncc(F)c2c(C(=O)C(=O)N3CCN(C4=NNNN4c4ccccc4)CC3)c[nH]c12. The number of para-hydroxylation sites is 1. The summed E-state index contributed by atoms with van der Waals surface area (Å²) >= 11 is 0. The third-order valence-electron chi connectivity index (χ3n) is 5.95. The van der Waals surface area contributed by atoms with Gasteiger partial charge in [0.2, 0.25) is 5.96 Å². The summed E-state index contributed by atoms with van der Waals surface area (Å²) in [4.78, 5) is 48.2. The molecule has 2 aliphatic heterocycles. The summed E-state index contributed by atoms with van der Waals surface area (Å²) in [6.07, 6.45) is 2.06. The van der Waals surface area contributed by atoms with Crippen molar-refractivity contribution < 1.29 is 23.5 Å². The van der Waals surface area contributed by atoms with Gasteiger partial charge < -0.3 is 19.5 Å². The van der Waals surface area contributed by atoms with Crippen molar-refractivity contribution in [1.29, 1.82) is 0 Å².